The van der Waals surface area contributed by atoms with E-state index in [4.69, 9.17) is 5.73 Å². The van der Waals surface area contributed by atoms with Crippen LogP contribution in [0.3, 0.4) is 0 Å². The summed E-state index contributed by atoms with van der Waals surface area (Å²) in [6, 6.07) is 0. The van der Waals surface area contributed by atoms with Gasteiger partial charge in [0.05, 0.1) is 5.41 Å². The highest BCUT2D eigenvalue weighted by Crippen LogP contribution is 2.37. The van der Waals surface area contributed by atoms with Crippen molar-refractivity contribution in [2.24, 2.45) is 17.1 Å². The van der Waals surface area contributed by atoms with Crippen molar-refractivity contribution in [1.29, 1.82) is 0 Å². The molecule has 1 fully saturated rings. The van der Waals surface area contributed by atoms with E-state index in [1.807, 2.05) is 6.92 Å². The van der Waals surface area contributed by atoms with Gasteiger partial charge in [-0.2, -0.15) is 0 Å². The van der Waals surface area contributed by atoms with E-state index in [1.54, 1.807) is 0 Å². The second kappa shape index (κ2) is 4.78. The van der Waals surface area contributed by atoms with Crippen molar-refractivity contribution in [3.8, 4) is 0 Å². The molecule has 3 heteroatoms. The number of rotatable bonds is 5. The van der Waals surface area contributed by atoms with E-state index in [0.29, 0.717) is 12.3 Å². The Balaban J connectivity index is 2.61. The fourth-order valence-electron chi connectivity index (χ4n) is 2.46. The molecule has 0 heterocycles. The molecule has 1 atom stereocenters. The summed E-state index contributed by atoms with van der Waals surface area (Å²) in [4.78, 5) is 11.2. The van der Waals surface area contributed by atoms with Gasteiger partial charge < -0.3 is 10.8 Å². The van der Waals surface area contributed by atoms with Crippen molar-refractivity contribution in [1.82, 2.24) is 0 Å². The predicted molar refractivity (Wildman–Crippen MR) is 56.0 cm³/mol. The SMILES string of the molecule is CCC(CN)(CC1CCCC1)C(=O)O. The number of carboxylic acid groups (broad SMARTS) is 1. The van der Waals surface area contributed by atoms with E-state index >= 15 is 0 Å². The first kappa shape index (κ1) is 11.5. The Hall–Kier alpha value is -0.570. The zero-order valence-corrected chi connectivity index (χ0v) is 8.96. The van der Waals surface area contributed by atoms with Crippen LogP contribution in [0.2, 0.25) is 0 Å². The molecular weight excluding hydrogens is 178 g/mol. The molecule has 3 nitrogen and oxygen atoms in total. The van der Waals surface area contributed by atoms with Crippen molar-refractivity contribution in [3.63, 3.8) is 0 Å². The van der Waals surface area contributed by atoms with E-state index in [2.05, 4.69) is 0 Å². The molecule has 1 saturated carbocycles. The van der Waals surface area contributed by atoms with Crippen LogP contribution >= 0.6 is 0 Å². The van der Waals surface area contributed by atoms with Crippen LogP contribution < -0.4 is 5.73 Å². The summed E-state index contributed by atoms with van der Waals surface area (Å²) in [7, 11) is 0. The largest absolute Gasteiger partial charge is 0.481 e. The number of hydrogen-bond acceptors (Lipinski definition) is 2. The van der Waals surface area contributed by atoms with E-state index in [1.165, 1.54) is 25.7 Å². The third-order valence-corrected chi connectivity index (χ3v) is 3.68. The molecule has 1 rings (SSSR count). The fraction of sp³-hybridized carbons (Fsp3) is 0.909. The zero-order chi connectivity index (χ0) is 10.6. The monoisotopic (exact) mass is 199 g/mol. The smallest absolute Gasteiger partial charge is 0.310 e. The van der Waals surface area contributed by atoms with Crippen LogP contribution in [0.15, 0.2) is 0 Å². The van der Waals surface area contributed by atoms with Crippen molar-refractivity contribution in [3.05, 3.63) is 0 Å². The predicted octanol–water partition coefficient (Wildman–Crippen LogP) is 2.01. The van der Waals surface area contributed by atoms with Gasteiger partial charge in [-0.1, -0.05) is 32.6 Å². The number of carbonyl (C=O) groups is 1. The standard InChI is InChI=1S/C11H21NO2/c1-2-11(8-12,10(13)14)7-9-5-3-4-6-9/h9H,2-8,12H2,1H3,(H,13,14). The van der Waals surface area contributed by atoms with Gasteiger partial charge in [-0.25, -0.2) is 0 Å². The van der Waals surface area contributed by atoms with Gasteiger partial charge in [0, 0.05) is 6.54 Å². The molecule has 0 aromatic rings. The van der Waals surface area contributed by atoms with Crippen molar-refractivity contribution < 1.29 is 9.90 Å². The van der Waals surface area contributed by atoms with Gasteiger partial charge >= 0.3 is 5.97 Å². The normalized spacial score (nSPS) is 22.1. The van der Waals surface area contributed by atoms with E-state index < -0.39 is 11.4 Å². The molecule has 1 unspecified atom stereocenters. The Morgan fingerprint density at radius 3 is 2.43 bits per heavy atom. The van der Waals surface area contributed by atoms with Crippen molar-refractivity contribution in [2.75, 3.05) is 6.54 Å². The lowest BCUT2D eigenvalue weighted by atomic mass is 9.76. The van der Waals surface area contributed by atoms with Crippen LogP contribution in [0, 0.1) is 11.3 Å². The van der Waals surface area contributed by atoms with Gasteiger partial charge in [-0.3, -0.25) is 4.79 Å². The minimum atomic E-state index is -0.714. The summed E-state index contributed by atoms with van der Waals surface area (Å²) >= 11 is 0. The summed E-state index contributed by atoms with van der Waals surface area (Å²) in [5, 5.41) is 9.20. The molecule has 0 aliphatic heterocycles. The van der Waals surface area contributed by atoms with Gasteiger partial charge in [0.25, 0.3) is 0 Å². The molecule has 3 N–H and O–H groups in total. The van der Waals surface area contributed by atoms with Crippen LogP contribution in [0.1, 0.15) is 45.4 Å². The average molecular weight is 199 g/mol. The first-order chi connectivity index (χ1) is 6.64. The van der Waals surface area contributed by atoms with E-state index in [0.717, 1.165) is 6.42 Å². The van der Waals surface area contributed by atoms with Crippen LogP contribution in [-0.2, 0) is 4.79 Å². The second-order valence-electron chi connectivity index (χ2n) is 4.50. The first-order valence-corrected chi connectivity index (χ1v) is 5.58. The first-order valence-electron chi connectivity index (χ1n) is 5.58. The third-order valence-electron chi connectivity index (χ3n) is 3.68. The van der Waals surface area contributed by atoms with Gasteiger partial charge in [0.15, 0.2) is 0 Å². The number of nitrogens with two attached hydrogens (primary N) is 1. The lowest BCUT2D eigenvalue weighted by Gasteiger charge is -2.29. The maximum atomic E-state index is 11.2. The molecule has 1 aliphatic rings. The average Bonchev–Trinajstić information content (AvgIpc) is 2.66. The molecule has 0 bridgehead atoms. The van der Waals surface area contributed by atoms with E-state index in [-0.39, 0.29) is 6.54 Å². The topological polar surface area (TPSA) is 63.3 Å². The Labute approximate surface area is 85.7 Å². The van der Waals surface area contributed by atoms with Crippen molar-refractivity contribution in [2.45, 2.75) is 45.4 Å². The molecule has 0 radical (unpaired) electrons. The minimum Gasteiger partial charge on any atom is -0.481 e. The fourth-order valence-corrected chi connectivity index (χ4v) is 2.46. The highest BCUT2D eigenvalue weighted by molar-refractivity contribution is 5.74. The highest BCUT2D eigenvalue weighted by Gasteiger charge is 2.38. The van der Waals surface area contributed by atoms with Gasteiger partial charge in [0.2, 0.25) is 0 Å². The van der Waals surface area contributed by atoms with Gasteiger partial charge in [-0.15, -0.1) is 0 Å². The molecule has 14 heavy (non-hydrogen) atoms. The van der Waals surface area contributed by atoms with Crippen LogP contribution in [0.25, 0.3) is 0 Å². The number of aliphatic carboxylic acids is 1. The molecule has 0 spiro atoms. The zero-order valence-electron chi connectivity index (χ0n) is 8.96. The number of hydrogen-bond donors (Lipinski definition) is 2. The summed E-state index contributed by atoms with van der Waals surface area (Å²) in [6.07, 6.45) is 6.32. The Kier molecular flexibility index (Phi) is 3.93. The lowest BCUT2D eigenvalue weighted by Crippen LogP contribution is -2.39. The van der Waals surface area contributed by atoms with Crippen LogP contribution in [0.4, 0.5) is 0 Å². The molecule has 0 aromatic carbocycles. The maximum Gasteiger partial charge on any atom is 0.310 e. The quantitative estimate of drug-likeness (QED) is 0.712. The molecule has 0 aromatic heterocycles. The van der Waals surface area contributed by atoms with E-state index in [9.17, 15) is 9.90 Å². The molecule has 1 aliphatic carbocycles. The Morgan fingerprint density at radius 2 is 2.07 bits per heavy atom. The van der Waals surface area contributed by atoms with Crippen LogP contribution in [-0.4, -0.2) is 17.6 Å². The maximum absolute atomic E-state index is 11.2. The Bertz CT molecular complexity index is 193. The molecule has 82 valence electrons. The summed E-state index contributed by atoms with van der Waals surface area (Å²) < 4.78 is 0. The summed E-state index contributed by atoms with van der Waals surface area (Å²) in [5.41, 5.74) is 4.96. The highest BCUT2D eigenvalue weighted by atomic mass is 16.4. The van der Waals surface area contributed by atoms with Gasteiger partial charge in [-0.05, 0) is 18.8 Å². The van der Waals surface area contributed by atoms with Crippen LogP contribution in [0.5, 0.6) is 0 Å². The summed E-state index contributed by atoms with van der Waals surface area (Å²) in [6.45, 7) is 2.20. The Morgan fingerprint density at radius 1 is 1.50 bits per heavy atom. The molecule has 0 amide bonds. The minimum absolute atomic E-state index is 0.273. The number of carboxylic acids is 1. The van der Waals surface area contributed by atoms with Crippen molar-refractivity contribution >= 4 is 5.97 Å². The molecule has 0 saturated heterocycles. The van der Waals surface area contributed by atoms with Gasteiger partial charge in [0.1, 0.15) is 0 Å². The lowest BCUT2D eigenvalue weighted by molar-refractivity contribution is -0.149. The second-order valence-corrected chi connectivity index (χ2v) is 4.50. The third kappa shape index (κ3) is 2.27. The molecular formula is C11H21NO2. The summed E-state index contributed by atoms with van der Waals surface area (Å²) in [5.74, 6) is -0.121.